The largest absolute Gasteiger partial charge is 0.357 e. The number of rotatable bonds is 5. The van der Waals surface area contributed by atoms with Gasteiger partial charge in [-0.05, 0) is 43.7 Å². The highest BCUT2D eigenvalue weighted by Crippen LogP contribution is 2.19. The van der Waals surface area contributed by atoms with Gasteiger partial charge in [-0.15, -0.1) is 0 Å². The van der Waals surface area contributed by atoms with Gasteiger partial charge in [0.25, 0.3) is 0 Å². The van der Waals surface area contributed by atoms with Gasteiger partial charge in [0.2, 0.25) is 5.91 Å². The van der Waals surface area contributed by atoms with Crippen LogP contribution in [0.5, 0.6) is 0 Å². The van der Waals surface area contributed by atoms with E-state index in [0.717, 1.165) is 18.9 Å². The van der Waals surface area contributed by atoms with E-state index in [0.29, 0.717) is 18.0 Å². The Morgan fingerprint density at radius 1 is 1.33 bits per heavy atom. The molecule has 21 heavy (non-hydrogen) atoms. The smallest absolute Gasteiger partial charge is 0.241 e. The van der Waals surface area contributed by atoms with E-state index in [4.69, 9.17) is 5.73 Å². The lowest BCUT2D eigenvalue weighted by atomic mass is 10.0. The first-order valence-corrected chi connectivity index (χ1v) is 7.83. The van der Waals surface area contributed by atoms with Crippen molar-refractivity contribution in [1.82, 2.24) is 4.98 Å². The Labute approximate surface area is 126 Å². The second kappa shape index (κ2) is 7.41. The number of pyridine rings is 1. The van der Waals surface area contributed by atoms with Crippen LogP contribution >= 0.6 is 0 Å². The van der Waals surface area contributed by atoms with Crippen LogP contribution in [0.3, 0.4) is 0 Å². The van der Waals surface area contributed by atoms with Crippen molar-refractivity contribution in [3.63, 3.8) is 0 Å². The molecule has 0 saturated carbocycles. The number of anilines is 2. The van der Waals surface area contributed by atoms with Crippen molar-refractivity contribution < 1.29 is 4.79 Å². The summed E-state index contributed by atoms with van der Waals surface area (Å²) in [6.07, 6.45) is 6.15. The van der Waals surface area contributed by atoms with Gasteiger partial charge in [-0.3, -0.25) is 4.79 Å². The van der Waals surface area contributed by atoms with Crippen molar-refractivity contribution >= 4 is 17.4 Å². The molecule has 1 aromatic heterocycles. The van der Waals surface area contributed by atoms with E-state index in [-0.39, 0.29) is 5.91 Å². The van der Waals surface area contributed by atoms with Crippen LogP contribution in [0.4, 0.5) is 11.5 Å². The van der Waals surface area contributed by atoms with Crippen LogP contribution < -0.4 is 16.0 Å². The molecule has 1 aliphatic rings. The zero-order valence-corrected chi connectivity index (χ0v) is 13.0. The van der Waals surface area contributed by atoms with Crippen molar-refractivity contribution in [3.8, 4) is 0 Å². The maximum atomic E-state index is 12.0. The molecular formula is C16H26N4O. The molecule has 2 heterocycles. The molecule has 5 heteroatoms. The molecule has 1 aliphatic heterocycles. The fraction of sp³-hybridized carbons (Fsp3) is 0.625. The Morgan fingerprint density at radius 2 is 2.05 bits per heavy atom. The maximum absolute atomic E-state index is 12.0. The van der Waals surface area contributed by atoms with Crippen LogP contribution in [-0.4, -0.2) is 30.0 Å². The molecular weight excluding hydrogens is 264 g/mol. The number of nitrogens with two attached hydrogens (primary N) is 1. The van der Waals surface area contributed by atoms with E-state index >= 15 is 0 Å². The third kappa shape index (κ3) is 4.70. The minimum Gasteiger partial charge on any atom is -0.357 e. The summed E-state index contributed by atoms with van der Waals surface area (Å²) in [5.41, 5.74) is 6.58. The highest BCUT2D eigenvalue weighted by Gasteiger charge is 2.16. The summed E-state index contributed by atoms with van der Waals surface area (Å²) in [6.45, 7) is 6.25. The first-order valence-electron chi connectivity index (χ1n) is 7.83. The van der Waals surface area contributed by atoms with Gasteiger partial charge in [-0.2, -0.15) is 0 Å². The number of carbonyl (C=O) groups is 1. The van der Waals surface area contributed by atoms with E-state index in [2.05, 4.69) is 29.0 Å². The van der Waals surface area contributed by atoms with E-state index < -0.39 is 6.04 Å². The lowest BCUT2D eigenvalue weighted by Gasteiger charge is -2.27. The van der Waals surface area contributed by atoms with Crippen LogP contribution in [0.25, 0.3) is 0 Å². The summed E-state index contributed by atoms with van der Waals surface area (Å²) in [4.78, 5) is 18.7. The van der Waals surface area contributed by atoms with Gasteiger partial charge in [-0.25, -0.2) is 4.98 Å². The summed E-state index contributed by atoms with van der Waals surface area (Å²) < 4.78 is 0. The monoisotopic (exact) mass is 290 g/mol. The van der Waals surface area contributed by atoms with Crippen LogP contribution in [-0.2, 0) is 4.79 Å². The summed E-state index contributed by atoms with van der Waals surface area (Å²) in [5.74, 6) is 1.25. The molecule has 1 aromatic rings. The van der Waals surface area contributed by atoms with Gasteiger partial charge in [0.15, 0.2) is 0 Å². The highest BCUT2D eigenvalue weighted by molar-refractivity contribution is 5.94. The summed E-state index contributed by atoms with van der Waals surface area (Å²) in [7, 11) is 0. The number of nitrogens with one attached hydrogen (secondary N) is 1. The van der Waals surface area contributed by atoms with Gasteiger partial charge in [-0.1, -0.05) is 13.8 Å². The number of nitrogens with zero attached hydrogens (tertiary/aromatic N) is 2. The van der Waals surface area contributed by atoms with Crippen molar-refractivity contribution in [2.45, 2.75) is 45.6 Å². The lowest BCUT2D eigenvalue weighted by molar-refractivity contribution is -0.117. The van der Waals surface area contributed by atoms with Gasteiger partial charge in [0.1, 0.15) is 5.82 Å². The average molecular weight is 290 g/mol. The Hall–Kier alpha value is -1.62. The van der Waals surface area contributed by atoms with Crippen LogP contribution in [0.2, 0.25) is 0 Å². The highest BCUT2D eigenvalue weighted by atomic mass is 16.2. The van der Waals surface area contributed by atoms with Gasteiger partial charge in [0.05, 0.1) is 17.9 Å². The predicted octanol–water partition coefficient (Wildman–Crippen LogP) is 2.38. The first kappa shape index (κ1) is 15.8. The molecule has 0 bridgehead atoms. The zero-order chi connectivity index (χ0) is 15.2. The molecule has 1 atom stereocenters. The van der Waals surface area contributed by atoms with Gasteiger partial charge >= 0.3 is 0 Å². The quantitative estimate of drug-likeness (QED) is 0.873. The van der Waals surface area contributed by atoms with Crippen LogP contribution in [0.15, 0.2) is 18.3 Å². The summed E-state index contributed by atoms with van der Waals surface area (Å²) in [6, 6.07) is 3.40. The topological polar surface area (TPSA) is 71.2 Å². The molecule has 1 fully saturated rings. The SMILES string of the molecule is CC(C)CC(N)C(=O)Nc1ccc(N2CCCCC2)nc1. The molecule has 116 valence electrons. The number of hydrogen-bond donors (Lipinski definition) is 2. The molecule has 0 aliphatic carbocycles. The summed E-state index contributed by atoms with van der Waals surface area (Å²) >= 11 is 0. The number of piperidine rings is 1. The first-order chi connectivity index (χ1) is 10.1. The number of amides is 1. The Morgan fingerprint density at radius 3 is 2.62 bits per heavy atom. The molecule has 0 spiro atoms. The fourth-order valence-electron chi connectivity index (χ4n) is 2.62. The van der Waals surface area contributed by atoms with E-state index in [1.54, 1.807) is 6.20 Å². The fourth-order valence-corrected chi connectivity index (χ4v) is 2.62. The third-order valence-electron chi connectivity index (χ3n) is 3.76. The Kier molecular flexibility index (Phi) is 5.56. The molecule has 2 rings (SSSR count). The van der Waals surface area contributed by atoms with Crippen LogP contribution in [0.1, 0.15) is 39.5 Å². The van der Waals surface area contributed by atoms with Crippen molar-refractivity contribution in [2.24, 2.45) is 11.7 Å². The third-order valence-corrected chi connectivity index (χ3v) is 3.76. The average Bonchev–Trinajstić information content (AvgIpc) is 2.48. The minimum atomic E-state index is -0.466. The number of carbonyl (C=O) groups excluding carboxylic acids is 1. The lowest BCUT2D eigenvalue weighted by Crippen LogP contribution is -2.36. The molecule has 3 N–H and O–H groups in total. The van der Waals surface area contributed by atoms with E-state index in [9.17, 15) is 4.79 Å². The van der Waals surface area contributed by atoms with Crippen molar-refractivity contribution in [1.29, 1.82) is 0 Å². The normalized spacial score (nSPS) is 16.9. The minimum absolute atomic E-state index is 0.142. The van der Waals surface area contributed by atoms with Crippen molar-refractivity contribution in [2.75, 3.05) is 23.3 Å². The molecule has 1 saturated heterocycles. The zero-order valence-electron chi connectivity index (χ0n) is 13.0. The van der Waals surface area contributed by atoms with Crippen LogP contribution in [0, 0.1) is 5.92 Å². The maximum Gasteiger partial charge on any atom is 0.241 e. The molecule has 5 nitrogen and oxygen atoms in total. The number of aromatic nitrogens is 1. The Balaban J connectivity index is 1.91. The predicted molar refractivity (Wildman–Crippen MR) is 86.4 cm³/mol. The summed E-state index contributed by atoms with van der Waals surface area (Å²) in [5, 5.41) is 2.83. The van der Waals surface area contributed by atoms with Crippen molar-refractivity contribution in [3.05, 3.63) is 18.3 Å². The molecule has 0 aromatic carbocycles. The number of hydrogen-bond acceptors (Lipinski definition) is 4. The van der Waals surface area contributed by atoms with E-state index in [1.807, 2.05) is 12.1 Å². The Bertz CT molecular complexity index is 452. The van der Waals surface area contributed by atoms with E-state index in [1.165, 1.54) is 19.3 Å². The van der Waals surface area contributed by atoms with Gasteiger partial charge < -0.3 is 16.0 Å². The molecule has 0 radical (unpaired) electrons. The molecule has 1 amide bonds. The second-order valence-corrected chi connectivity index (χ2v) is 6.18. The molecule has 1 unspecified atom stereocenters. The van der Waals surface area contributed by atoms with Gasteiger partial charge in [0, 0.05) is 13.1 Å². The second-order valence-electron chi connectivity index (χ2n) is 6.18. The standard InChI is InChI=1S/C16H26N4O/c1-12(2)10-14(17)16(21)19-13-6-7-15(18-11-13)20-8-4-3-5-9-20/h6-7,11-12,14H,3-5,8-10,17H2,1-2H3,(H,19,21).